The van der Waals surface area contributed by atoms with Crippen molar-refractivity contribution in [3.05, 3.63) is 59.8 Å². The predicted molar refractivity (Wildman–Crippen MR) is 102 cm³/mol. The summed E-state index contributed by atoms with van der Waals surface area (Å²) in [5, 5.41) is 2.69. The molecule has 1 aliphatic rings. The maximum Gasteiger partial charge on any atom is 0.419 e. The molecule has 0 atom stereocenters. The minimum atomic E-state index is -4.39. The highest BCUT2D eigenvalue weighted by atomic mass is 19.4. The van der Waals surface area contributed by atoms with Crippen LogP contribution < -0.4 is 15.2 Å². The summed E-state index contributed by atoms with van der Waals surface area (Å²) in [6.45, 7) is 1.03. The average Bonchev–Trinajstić information content (AvgIpc) is 2.76. The number of nitrogens with zero attached hydrogens (tertiary/aromatic N) is 1. The summed E-state index contributed by atoms with van der Waals surface area (Å²) in [5.41, 5.74) is 0.208. The third kappa shape index (κ3) is 5.95. The number of aromatic nitrogens is 1. The van der Waals surface area contributed by atoms with E-state index in [2.05, 4.69) is 10.3 Å². The molecule has 1 fully saturated rings. The molecule has 1 aliphatic heterocycles. The van der Waals surface area contributed by atoms with Crippen molar-refractivity contribution in [3.63, 3.8) is 0 Å². The SMILES string of the molecule is O=C(COC(=O)C1CCN(c2ccc(C(F)(F)F)c[nH+]2)CC1)NCc1ccccc1. The fraction of sp³-hybridized carbons (Fsp3) is 0.381. The summed E-state index contributed by atoms with van der Waals surface area (Å²) in [5.74, 6) is -0.572. The summed E-state index contributed by atoms with van der Waals surface area (Å²) >= 11 is 0. The highest BCUT2D eigenvalue weighted by Gasteiger charge is 2.34. The number of carbonyl (C=O) groups is 2. The summed E-state index contributed by atoms with van der Waals surface area (Å²) in [4.78, 5) is 28.6. The molecule has 0 bridgehead atoms. The Labute approximate surface area is 172 Å². The maximum absolute atomic E-state index is 12.7. The van der Waals surface area contributed by atoms with Crippen LogP contribution in [0.4, 0.5) is 19.0 Å². The van der Waals surface area contributed by atoms with Gasteiger partial charge in [0.2, 0.25) is 0 Å². The second-order valence-corrected chi connectivity index (χ2v) is 7.09. The third-order valence-electron chi connectivity index (χ3n) is 4.97. The van der Waals surface area contributed by atoms with Gasteiger partial charge in [-0.1, -0.05) is 30.3 Å². The topological polar surface area (TPSA) is 72.8 Å². The zero-order valence-electron chi connectivity index (χ0n) is 16.2. The van der Waals surface area contributed by atoms with E-state index in [-0.39, 0.29) is 18.4 Å². The molecule has 0 saturated carbocycles. The van der Waals surface area contributed by atoms with Crippen LogP contribution in [0.3, 0.4) is 0 Å². The molecule has 1 aromatic heterocycles. The number of halogens is 3. The molecular formula is C21H23F3N3O3+. The first kappa shape index (κ1) is 21.6. The zero-order chi connectivity index (χ0) is 21.6. The van der Waals surface area contributed by atoms with E-state index < -0.39 is 17.7 Å². The quantitative estimate of drug-likeness (QED) is 0.727. The second-order valence-electron chi connectivity index (χ2n) is 7.09. The van der Waals surface area contributed by atoms with Gasteiger partial charge >= 0.3 is 12.1 Å². The molecule has 2 heterocycles. The number of amides is 1. The van der Waals surface area contributed by atoms with Crippen LogP contribution in [-0.4, -0.2) is 31.6 Å². The summed E-state index contributed by atoms with van der Waals surface area (Å²) < 4.78 is 43.1. The molecule has 2 aromatic rings. The Balaban J connectivity index is 1.40. The first-order valence-electron chi connectivity index (χ1n) is 9.64. The molecular weight excluding hydrogens is 399 g/mol. The minimum absolute atomic E-state index is 0.335. The molecule has 1 aromatic carbocycles. The molecule has 1 amide bonds. The molecule has 30 heavy (non-hydrogen) atoms. The van der Waals surface area contributed by atoms with Gasteiger partial charge in [0.15, 0.2) is 6.61 Å². The first-order chi connectivity index (χ1) is 14.3. The number of hydrogen-bond acceptors (Lipinski definition) is 4. The number of alkyl halides is 3. The highest BCUT2D eigenvalue weighted by Crippen LogP contribution is 2.29. The van der Waals surface area contributed by atoms with E-state index in [1.807, 2.05) is 35.2 Å². The van der Waals surface area contributed by atoms with Gasteiger partial charge in [0.1, 0.15) is 6.20 Å². The number of H-pyrrole nitrogens is 1. The zero-order valence-corrected chi connectivity index (χ0v) is 16.2. The summed E-state index contributed by atoms with van der Waals surface area (Å²) in [6, 6.07) is 11.8. The average molecular weight is 422 g/mol. The number of aromatic amines is 1. The fourth-order valence-corrected chi connectivity index (χ4v) is 3.25. The summed E-state index contributed by atoms with van der Waals surface area (Å²) in [7, 11) is 0. The standard InChI is InChI=1S/C21H22F3N3O3/c22-21(23,24)17-6-7-18(25-13-17)27-10-8-16(9-11-27)20(29)30-14-19(28)26-12-15-4-2-1-3-5-15/h1-7,13,16H,8-12,14H2,(H,26,28)/p+1. The van der Waals surface area contributed by atoms with Crippen molar-refractivity contribution >= 4 is 17.7 Å². The van der Waals surface area contributed by atoms with E-state index in [0.717, 1.165) is 17.8 Å². The molecule has 0 unspecified atom stereocenters. The van der Waals surface area contributed by atoms with E-state index in [1.165, 1.54) is 6.07 Å². The lowest BCUT2D eigenvalue weighted by Gasteiger charge is -2.26. The molecule has 1 saturated heterocycles. The Hall–Kier alpha value is -3.10. The molecule has 0 radical (unpaired) electrons. The van der Waals surface area contributed by atoms with Crippen molar-refractivity contribution in [3.8, 4) is 0 Å². The maximum atomic E-state index is 12.7. The highest BCUT2D eigenvalue weighted by molar-refractivity contribution is 5.81. The fourth-order valence-electron chi connectivity index (χ4n) is 3.25. The van der Waals surface area contributed by atoms with Crippen LogP contribution in [0.15, 0.2) is 48.7 Å². The molecule has 2 N–H and O–H groups in total. The Bertz CT molecular complexity index is 849. The van der Waals surface area contributed by atoms with Gasteiger partial charge in [-0.2, -0.15) is 13.2 Å². The Kier molecular flexibility index (Phi) is 6.91. The molecule has 6 nitrogen and oxygen atoms in total. The van der Waals surface area contributed by atoms with Crippen molar-refractivity contribution in [2.75, 3.05) is 24.6 Å². The van der Waals surface area contributed by atoms with Crippen molar-refractivity contribution in [1.82, 2.24) is 5.32 Å². The Morgan fingerprint density at radius 3 is 2.40 bits per heavy atom. The minimum Gasteiger partial charge on any atom is -0.455 e. The Morgan fingerprint density at radius 2 is 1.80 bits per heavy atom. The molecule has 0 spiro atoms. The van der Waals surface area contributed by atoms with Crippen LogP contribution >= 0.6 is 0 Å². The third-order valence-corrected chi connectivity index (χ3v) is 4.97. The first-order valence-corrected chi connectivity index (χ1v) is 9.64. The van der Waals surface area contributed by atoms with Crippen LogP contribution in [0.2, 0.25) is 0 Å². The lowest BCUT2D eigenvalue weighted by atomic mass is 9.97. The Morgan fingerprint density at radius 1 is 1.10 bits per heavy atom. The predicted octanol–water partition coefficient (Wildman–Crippen LogP) is 2.60. The number of pyridine rings is 1. The van der Waals surface area contributed by atoms with Crippen molar-refractivity contribution in [2.24, 2.45) is 5.92 Å². The normalized spacial score (nSPS) is 15.0. The van der Waals surface area contributed by atoms with E-state index in [1.54, 1.807) is 0 Å². The van der Waals surface area contributed by atoms with Gasteiger partial charge in [0.25, 0.3) is 11.7 Å². The molecule has 9 heteroatoms. The number of benzene rings is 1. The van der Waals surface area contributed by atoms with Gasteiger partial charge in [-0.05, 0) is 24.5 Å². The lowest BCUT2D eigenvalue weighted by molar-refractivity contribution is -0.367. The molecule has 160 valence electrons. The number of carbonyl (C=O) groups excluding carboxylic acids is 2. The van der Waals surface area contributed by atoms with Gasteiger partial charge in [0, 0.05) is 12.6 Å². The number of anilines is 1. The monoisotopic (exact) mass is 422 g/mol. The lowest BCUT2D eigenvalue weighted by Crippen LogP contribution is -2.40. The van der Waals surface area contributed by atoms with Crippen LogP contribution in [-0.2, 0) is 27.0 Å². The van der Waals surface area contributed by atoms with E-state index in [9.17, 15) is 22.8 Å². The van der Waals surface area contributed by atoms with Gasteiger partial charge in [-0.25, -0.2) is 4.98 Å². The summed E-state index contributed by atoms with van der Waals surface area (Å²) in [6.07, 6.45) is -2.46. The number of rotatable bonds is 6. The second kappa shape index (κ2) is 9.60. The van der Waals surface area contributed by atoms with Crippen molar-refractivity contribution in [2.45, 2.75) is 25.6 Å². The van der Waals surface area contributed by atoms with Gasteiger partial charge in [-0.15, -0.1) is 0 Å². The van der Waals surface area contributed by atoms with Crippen molar-refractivity contribution < 1.29 is 32.5 Å². The van der Waals surface area contributed by atoms with E-state index in [4.69, 9.17) is 4.74 Å². The molecule has 3 rings (SSSR count). The largest absolute Gasteiger partial charge is 0.455 e. The van der Waals surface area contributed by atoms with Crippen LogP contribution in [0.1, 0.15) is 24.0 Å². The van der Waals surface area contributed by atoms with Gasteiger partial charge in [0.05, 0.1) is 24.6 Å². The smallest absolute Gasteiger partial charge is 0.419 e. The van der Waals surface area contributed by atoms with Crippen molar-refractivity contribution in [1.29, 1.82) is 0 Å². The number of ether oxygens (including phenoxy) is 1. The molecule has 0 aliphatic carbocycles. The number of nitrogens with one attached hydrogen (secondary N) is 2. The van der Waals surface area contributed by atoms with Crippen LogP contribution in [0, 0.1) is 5.92 Å². The number of hydrogen-bond donors (Lipinski definition) is 1. The van der Waals surface area contributed by atoms with E-state index in [0.29, 0.717) is 38.3 Å². The van der Waals surface area contributed by atoms with Gasteiger partial charge < -0.3 is 10.1 Å². The van der Waals surface area contributed by atoms with Gasteiger partial charge in [-0.3, -0.25) is 14.5 Å². The van der Waals surface area contributed by atoms with E-state index >= 15 is 0 Å². The number of esters is 1. The van der Waals surface area contributed by atoms with Crippen LogP contribution in [0.25, 0.3) is 0 Å². The van der Waals surface area contributed by atoms with Crippen LogP contribution in [0.5, 0.6) is 0 Å². The number of piperidine rings is 1.